The van der Waals surface area contributed by atoms with Crippen molar-refractivity contribution in [1.82, 2.24) is 5.32 Å². The lowest BCUT2D eigenvalue weighted by atomic mass is 9.97. The first kappa shape index (κ1) is 13.6. The van der Waals surface area contributed by atoms with Crippen molar-refractivity contribution in [3.05, 3.63) is 35.4 Å². The Balaban J connectivity index is 1.93. The van der Waals surface area contributed by atoms with Crippen LogP contribution in [0.3, 0.4) is 0 Å². The summed E-state index contributed by atoms with van der Waals surface area (Å²) >= 11 is 0. The molecule has 2 unspecified atom stereocenters. The number of carboxylic acid groups (broad SMARTS) is 1. The number of nitrogens with one attached hydrogen (secondary N) is 1. The summed E-state index contributed by atoms with van der Waals surface area (Å²) in [6.45, 7) is 2.51. The van der Waals surface area contributed by atoms with Crippen LogP contribution in [0.2, 0.25) is 0 Å². The molecule has 102 valence electrons. The minimum Gasteiger partial charge on any atom is -0.478 e. The van der Waals surface area contributed by atoms with Crippen LogP contribution in [-0.4, -0.2) is 17.0 Å². The summed E-state index contributed by atoms with van der Waals surface area (Å²) in [6, 6.07) is 6.67. The van der Waals surface area contributed by atoms with Gasteiger partial charge in [0.2, 0.25) is 5.91 Å². The van der Waals surface area contributed by atoms with Crippen LogP contribution in [0.15, 0.2) is 24.3 Å². The predicted octanol–water partition coefficient (Wildman–Crippen LogP) is 2.44. The van der Waals surface area contributed by atoms with Gasteiger partial charge in [0.1, 0.15) is 0 Å². The molecular formula is C15H19NO3. The van der Waals surface area contributed by atoms with E-state index in [2.05, 4.69) is 12.2 Å². The number of carbonyl (C=O) groups is 2. The maximum atomic E-state index is 12.0. The van der Waals surface area contributed by atoms with E-state index in [4.69, 9.17) is 5.11 Å². The van der Waals surface area contributed by atoms with Crippen molar-refractivity contribution < 1.29 is 14.7 Å². The van der Waals surface area contributed by atoms with Crippen LogP contribution in [0.4, 0.5) is 0 Å². The molecular weight excluding hydrogens is 242 g/mol. The van der Waals surface area contributed by atoms with Crippen LogP contribution in [0.1, 0.15) is 42.1 Å². The molecule has 1 fully saturated rings. The molecule has 0 heterocycles. The quantitative estimate of drug-likeness (QED) is 0.874. The number of amides is 1. The zero-order chi connectivity index (χ0) is 13.8. The van der Waals surface area contributed by atoms with Crippen molar-refractivity contribution in [1.29, 1.82) is 0 Å². The third-order valence-electron chi connectivity index (χ3n) is 3.84. The molecule has 2 rings (SSSR count). The zero-order valence-electron chi connectivity index (χ0n) is 11.1. The van der Waals surface area contributed by atoms with Gasteiger partial charge in [-0.1, -0.05) is 25.5 Å². The van der Waals surface area contributed by atoms with Gasteiger partial charge in [0.25, 0.3) is 0 Å². The number of benzene rings is 1. The summed E-state index contributed by atoms with van der Waals surface area (Å²) in [7, 11) is 0. The number of carboxylic acids is 1. The second kappa shape index (κ2) is 5.87. The van der Waals surface area contributed by atoms with Crippen LogP contribution in [0.25, 0.3) is 0 Å². The summed E-state index contributed by atoms with van der Waals surface area (Å²) in [4.78, 5) is 22.9. The average Bonchev–Trinajstić information content (AvgIpc) is 2.82. The monoisotopic (exact) mass is 261 g/mol. The Bertz CT molecular complexity index is 484. The molecule has 1 aliphatic rings. The summed E-state index contributed by atoms with van der Waals surface area (Å²) in [5, 5.41) is 11.8. The topological polar surface area (TPSA) is 66.4 Å². The number of hydrogen-bond donors (Lipinski definition) is 2. The molecule has 4 nitrogen and oxygen atoms in total. The van der Waals surface area contributed by atoms with Gasteiger partial charge in [-0.3, -0.25) is 4.79 Å². The first-order valence-corrected chi connectivity index (χ1v) is 6.68. The van der Waals surface area contributed by atoms with Gasteiger partial charge >= 0.3 is 5.97 Å². The fraction of sp³-hybridized carbons (Fsp3) is 0.467. The fourth-order valence-corrected chi connectivity index (χ4v) is 2.67. The van der Waals surface area contributed by atoms with E-state index in [0.717, 1.165) is 24.8 Å². The lowest BCUT2D eigenvalue weighted by molar-refractivity contribution is -0.126. The Morgan fingerprint density at radius 1 is 1.37 bits per heavy atom. The largest absolute Gasteiger partial charge is 0.478 e. The Labute approximate surface area is 112 Å². The van der Waals surface area contributed by atoms with Crippen LogP contribution >= 0.6 is 0 Å². The summed E-state index contributed by atoms with van der Waals surface area (Å²) in [6.07, 6.45) is 3.20. The smallest absolute Gasteiger partial charge is 0.335 e. The molecule has 1 saturated carbocycles. The molecule has 1 aromatic carbocycles. The molecule has 2 N–H and O–H groups in total. The van der Waals surface area contributed by atoms with Gasteiger partial charge < -0.3 is 10.4 Å². The first-order chi connectivity index (χ1) is 9.08. The van der Waals surface area contributed by atoms with Gasteiger partial charge in [-0.15, -0.1) is 0 Å². The molecule has 0 aromatic heterocycles. The van der Waals surface area contributed by atoms with E-state index in [-0.39, 0.29) is 17.4 Å². The van der Waals surface area contributed by atoms with Gasteiger partial charge in [-0.05, 0) is 36.5 Å². The molecule has 0 bridgehead atoms. The van der Waals surface area contributed by atoms with Crippen molar-refractivity contribution >= 4 is 11.9 Å². The van der Waals surface area contributed by atoms with E-state index in [1.165, 1.54) is 0 Å². The van der Waals surface area contributed by atoms with Crippen molar-refractivity contribution in [3.8, 4) is 0 Å². The number of rotatable bonds is 4. The van der Waals surface area contributed by atoms with Crippen LogP contribution in [0.5, 0.6) is 0 Å². The fourth-order valence-electron chi connectivity index (χ4n) is 2.67. The third-order valence-corrected chi connectivity index (χ3v) is 3.84. The lowest BCUT2D eigenvalue weighted by Gasteiger charge is -2.15. The van der Waals surface area contributed by atoms with E-state index < -0.39 is 5.97 Å². The zero-order valence-corrected chi connectivity index (χ0v) is 11.1. The van der Waals surface area contributed by atoms with E-state index >= 15 is 0 Å². The molecule has 1 amide bonds. The summed E-state index contributed by atoms with van der Waals surface area (Å²) < 4.78 is 0. The minimum atomic E-state index is -0.947. The number of carbonyl (C=O) groups excluding carboxylic acids is 1. The molecule has 0 aliphatic heterocycles. The van der Waals surface area contributed by atoms with Gasteiger partial charge in [-0.25, -0.2) is 4.79 Å². The number of hydrogen-bond acceptors (Lipinski definition) is 2. The Morgan fingerprint density at radius 3 is 2.79 bits per heavy atom. The highest BCUT2D eigenvalue weighted by atomic mass is 16.4. The van der Waals surface area contributed by atoms with E-state index in [1.807, 2.05) is 6.07 Å². The maximum Gasteiger partial charge on any atom is 0.335 e. The molecule has 1 aliphatic carbocycles. The SMILES string of the molecule is CC1CCCC1C(=O)NCc1cccc(C(=O)O)c1. The molecule has 4 heteroatoms. The molecule has 0 saturated heterocycles. The van der Waals surface area contributed by atoms with E-state index in [1.54, 1.807) is 18.2 Å². The van der Waals surface area contributed by atoms with Crippen molar-refractivity contribution in [3.63, 3.8) is 0 Å². The van der Waals surface area contributed by atoms with Crippen molar-refractivity contribution in [2.24, 2.45) is 11.8 Å². The van der Waals surface area contributed by atoms with Gasteiger partial charge in [0, 0.05) is 12.5 Å². The van der Waals surface area contributed by atoms with Gasteiger partial charge in [-0.2, -0.15) is 0 Å². The predicted molar refractivity (Wildman–Crippen MR) is 71.8 cm³/mol. The highest BCUT2D eigenvalue weighted by Gasteiger charge is 2.29. The van der Waals surface area contributed by atoms with Crippen LogP contribution in [0, 0.1) is 11.8 Å². The number of aromatic carboxylic acids is 1. The van der Waals surface area contributed by atoms with E-state index in [0.29, 0.717) is 12.5 Å². The highest BCUT2D eigenvalue weighted by Crippen LogP contribution is 2.31. The maximum absolute atomic E-state index is 12.0. The molecule has 0 spiro atoms. The Morgan fingerprint density at radius 2 is 2.16 bits per heavy atom. The average molecular weight is 261 g/mol. The van der Waals surface area contributed by atoms with E-state index in [9.17, 15) is 9.59 Å². The van der Waals surface area contributed by atoms with Gasteiger partial charge in [0.15, 0.2) is 0 Å². The summed E-state index contributed by atoms with van der Waals surface area (Å²) in [5.74, 6) is -0.295. The normalized spacial score (nSPS) is 22.2. The lowest BCUT2D eigenvalue weighted by Crippen LogP contribution is -2.31. The highest BCUT2D eigenvalue weighted by molar-refractivity contribution is 5.87. The second-order valence-electron chi connectivity index (χ2n) is 5.24. The minimum absolute atomic E-state index is 0.0886. The molecule has 1 aromatic rings. The van der Waals surface area contributed by atoms with Crippen molar-refractivity contribution in [2.75, 3.05) is 0 Å². The third kappa shape index (κ3) is 3.34. The second-order valence-corrected chi connectivity index (χ2v) is 5.24. The Kier molecular flexibility index (Phi) is 4.20. The van der Waals surface area contributed by atoms with Crippen LogP contribution < -0.4 is 5.32 Å². The van der Waals surface area contributed by atoms with Crippen LogP contribution in [-0.2, 0) is 11.3 Å². The standard InChI is InChI=1S/C15H19NO3/c1-10-4-2-7-13(10)14(17)16-9-11-5-3-6-12(8-11)15(18)19/h3,5-6,8,10,13H,2,4,7,9H2,1H3,(H,16,17)(H,18,19). The molecule has 0 radical (unpaired) electrons. The molecule has 19 heavy (non-hydrogen) atoms. The first-order valence-electron chi connectivity index (χ1n) is 6.68. The Hall–Kier alpha value is -1.84. The van der Waals surface area contributed by atoms with Crippen molar-refractivity contribution in [2.45, 2.75) is 32.7 Å². The molecule has 2 atom stereocenters. The van der Waals surface area contributed by atoms with Gasteiger partial charge in [0.05, 0.1) is 5.56 Å². The summed E-state index contributed by atoms with van der Waals surface area (Å²) in [5.41, 5.74) is 1.07.